The molecule has 1 spiro atoms. The van der Waals surface area contributed by atoms with Crippen LogP contribution in [0.3, 0.4) is 0 Å². The van der Waals surface area contributed by atoms with Gasteiger partial charge in [-0.1, -0.05) is 12.8 Å². The molecule has 1 N–H and O–H groups in total. The number of amides is 1. The second-order valence-corrected chi connectivity index (χ2v) is 9.00. The van der Waals surface area contributed by atoms with Crippen LogP contribution in [0.15, 0.2) is 22.4 Å². The van der Waals surface area contributed by atoms with E-state index in [-0.39, 0.29) is 11.5 Å². The second kappa shape index (κ2) is 6.55. The Morgan fingerprint density at radius 2 is 1.96 bits per heavy atom. The zero-order chi connectivity index (χ0) is 19.3. The minimum atomic E-state index is -0.185. The summed E-state index contributed by atoms with van der Waals surface area (Å²) in [7, 11) is 0. The van der Waals surface area contributed by atoms with Crippen molar-refractivity contribution in [2.45, 2.75) is 45.4 Å². The van der Waals surface area contributed by atoms with E-state index >= 15 is 0 Å². The Balaban J connectivity index is 1.40. The quantitative estimate of drug-likeness (QED) is 0.719. The van der Waals surface area contributed by atoms with Gasteiger partial charge in [-0.15, -0.1) is 11.3 Å². The van der Waals surface area contributed by atoms with Crippen LogP contribution in [0.2, 0.25) is 0 Å². The number of nitrogens with one attached hydrogen (secondary N) is 1. The van der Waals surface area contributed by atoms with E-state index in [4.69, 9.17) is 0 Å². The summed E-state index contributed by atoms with van der Waals surface area (Å²) in [4.78, 5) is 34.6. The molecule has 2 aliphatic rings. The topological polar surface area (TPSA) is 83.9 Å². The molecular weight excluding hydrogens is 374 g/mol. The molecule has 1 amide bonds. The van der Waals surface area contributed by atoms with Crippen molar-refractivity contribution >= 4 is 27.5 Å². The number of carbonyl (C=O) groups excluding carboxylic acids is 1. The van der Waals surface area contributed by atoms with Crippen LogP contribution in [0, 0.1) is 12.3 Å². The molecule has 0 bridgehead atoms. The predicted octanol–water partition coefficient (Wildman–Crippen LogP) is 3.28. The molecule has 4 heterocycles. The van der Waals surface area contributed by atoms with Crippen LogP contribution >= 0.6 is 11.3 Å². The normalized spacial score (nSPS) is 19.0. The lowest BCUT2D eigenvalue weighted by Gasteiger charge is -2.39. The molecule has 0 atom stereocenters. The van der Waals surface area contributed by atoms with Gasteiger partial charge in [0, 0.05) is 13.1 Å². The van der Waals surface area contributed by atoms with E-state index in [1.54, 1.807) is 10.9 Å². The van der Waals surface area contributed by atoms with E-state index in [1.807, 2.05) is 23.3 Å². The Bertz CT molecular complexity index is 1100. The highest BCUT2D eigenvalue weighted by atomic mass is 32.1. The summed E-state index contributed by atoms with van der Waals surface area (Å²) in [5, 5.41) is 6.19. The number of carbonyl (C=O) groups is 1. The standard InChI is InChI=1S/C20H23N5O2S/c1-13-14(18(27)24-9-7-20(8-10-24)5-2-3-6-20)12-21-25(13)19-22-15-4-11-28-16(15)17(26)23-19/h4,11-12H,2-3,5-10H2,1H3,(H,22,23,26). The summed E-state index contributed by atoms with van der Waals surface area (Å²) in [6.07, 6.45) is 9.10. The number of piperidine rings is 1. The molecule has 28 heavy (non-hydrogen) atoms. The zero-order valence-electron chi connectivity index (χ0n) is 15.9. The van der Waals surface area contributed by atoms with Crippen LogP contribution < -0.4 is 5.56 Å². The average molecular weight is 398 g/mol. The van der Waals surface area contributed by atoms with Crippen LogP contribution in [0.1, 0.15) is 54.6 Å². The highest BCUT2D eigenvalue weighted by Gasteiger charge is 2.38. The fourth-order valence-corrected chi connectivity index (χ4v) is 5.50. The largest absolute Gasteiger partial charge is 0.339 e. The number of nitrogens with zero attached hydrogens (tertiary/aromatic N) is 4. The Morgan fingerprint density at radius 1 is 1.21 bits per heavy atom. The Labute approximate surface area is 166 Å². The fraction of sp³-hybridized carbons (Fsp3) is 0.500. The number of hydrogen-bond acceptors (Lipinski definition) is 5. The van der Waals surface area contributed by atoms with Gasteiger partial charge >= 0.3 is 0 Å². The molecule has 5 rings (SSSR count). The van der Waals surface area contributed by atoms with Crippen molar-refractivity contribution in [3.05, 3.63) is 39.3 Å². The number of thiophene rings is 1. The van der Waals surface area contributed by atoms with E-state index in [1.165, 1.54) is 37.0 Å². The minimum Gasteiger partial charge on any atom is -0.339 e. The van der Waals surface area contributed by atoms with Crippen molar-refractivity contribution in [1.82, 2.24) is 24.6 Å². The molecule has 7 nitrogen and oxygen atoms in total. The Morgan fingerprint density at radius 3 is 2.71 bits per heavy atom. The average Bonchev–Trinajstić information content (AvgIpc) is 3.42. The monoisotopic (exact) mass is 397 g/mol. The van der Waals surface area contributed by atoms with Gasteiger partial charge in [-0.05, 0) is 49.5 Å². The van der Waals surface area contributed by atoms with Gasteiger partial charge in [-0.2, -0.15) is 5.10 Å². The first-order chi connectivity index (χ1) is 13.6. The first-order valence-corrected chi connectivity index (χ1v) is 10.8. The minimum absolute atomic E-state index is 0.0237. The molecule has 0 unspecified atom stereocenters. The molecule has 3 aromatic heterocycles. The maximum absolute atomic E-state index is 13.1. The number of H-pyrrole nitrogens is 1. The third-order valence-electron chi connectivity index (χ3n) is 6.52. The first-order valence-electron chi connectivity index (χ1n) is 9.88. The van der Waals surface area contributed by atoms with Crippen molar-refractivity contribution in [1.29, 1.82) is 0 Å². The lowest BCUT2D eigenvalue weighted by atomic mass is 9.77. The van der Waals surface area contributed by atoms with Crippen molar-refractivity contribution < 1.29 is 4.79 Å². The lowest BCUT2D eigenvalue weighted by molar-refractivity contribution is 0.0587. The summed E-state index contributed by atoms with van der Waals surface area (Å²) in [5.74, 6) is 0.367. The Kier molecular flexibility index (Phi) is 4.12. The van der Waals surface area contributed by atoms with E-state index in [9.17, 15) is 9.59 Å². The van der Waals surface area contributed by atoms with Gasteiger partial charge in [-0.25, -0.2) is 9.67 Å². The summed E-state index contributed by atoms with van der Waals surface area (Å²) >= 11 is 1.36. The smallest absolute Gasteiger partial charge is 0.270 e. The number of rotatable bonds is 2. The van der Waals surface area contributed by atoms with Crippen LogP contribution in [0.25, 0.3) is 16.2 Å². The number of aromatic amines is 1. The zero-order valence-corrected chi connectivity index (χ0v) is 16.7. The SMILES string of the molecule is Cc1c(C(=O)N2CCC3(CCCC3)CC2)cnn1-c1nc2ccsc2c(=O)[nH]1. The number of likely N-dealkylation sites (tertiary alicyclic amines) is 1. The van der Waals surface area contributed by atoms with Crippen molar-refractivity contribution in [2.75, 3.05) is 13.1 Å². The van der Waals surface area contributed by atoms with E-state index in [0.29, 0.717) is 32.8 Å². The molecule has 1 saturated heterocycles. The lowest BCUT2D eigenvalue weighted by Crippen LogP contribution is -2.42. The second-order valence-electron chi connectivity index (χ2n) is 8.08. The molecule has 1 aliphatic heterocycles. The number of fused-ring (bicyclic) bond motifs is 1. The van der Waals surface area contributed by atoms with Crippen LogP contribution in [0.5, 0.6) is 0 Å². The molecule has 0 aromatic carbocycles. The molecule has 1 aliphatic carbocycles. The summed E-state index contributed by atoms with van der Waals surface area (Å²) < 4.78 is 2.15. The maximum Gasteiger partial charge on any atom is 0.270 e. The van der Waals surface area contributed by atoms with Crippen LogP contribution in [0.4, 0.5) is 0 Å². The third kappa shape index (κ3) is 2.78. The molecule has 8 heteroatoms. The molecule has 3 aromatic rings. The molecule has 1 saturated carbocycles. The van der Waals surface area contributed by atoms with E-state index in [0.717, 1.165) is 25.9 Å². The fourth-order valence-electron chi connectivity index (χ4n) is 4.77. The maximum atomic E-state index is 13.1. The van der Waals surface area contributed by atoms with Crippen LogP contribution in [-0.2, 0) is 0 Å². The van der Waals surface area contributed by atoms with Crippen molar-refractivity contribution in [2.24, 2.45) is 5.41 Å². The van der Waals surface area contributed by atoms with Crippen molar-refractivity contribution in [3.63, 3.8) is 0 Å². The summed E-state index contributed by atoms with van der Waals surface area (Å²) in [5.41, 5.74) is 2.22. The third-order valence-corrected chi connectivity index (χ3v) is 7.42. The van der Waals surface area contributed by atoms with Gasteiger partial charge in [0.15, 0.2) is 0 Å². The van der Waals surface area contributed by atoms with Crippen LogP contribution in [-0.4, -0.2) is 43.6 Å². The van der Waals surface area contributed by atoms with Gasteiger partial charge in [0.1, 0.15) is 4.70 Å². The predicted molar refractivity (Wildman–Crippen MR) is 108 cm³/mol. The first kappa shape index (κ1) is 17.6. The highest BCUT2D eigenvalue weighted by molar-refractivity contribution is 7.17. The number of hydrogen-bond donors (Lipinski definition) is 1. The van der Waals surface area contributed by atoms with Gasteiger partial charge in [-0.3, -0.25) is 14.6 Å². The van der Waals surface area contributed by atoms with Gasteiger partial charge in [0.2, 0.25) is 5.95 Å². The summed E-state index contributed by atoms with van der Waals surface area (Å²) in [6, 6.07) is 1.82. The molecular formula is C20H23N5O2S. The molecule has 2 fully saturated rings. The van der Waals surface area contributed by atoms with Gasteiger partial charge in [0.05, 0.1) is 23.0 Å². The van der Waals surface area contributed by atoms with Crippen molar-refractivity contribution in [3.8, 4) is 5.95 Å². The number of aromatic nitrogens is 4. The Hall–Kier alpha value is -2.48. The summed E-state index contributed by atoms with van der Waals surface area (Å²) in [6.45, 7) is 3.49. The molecule has 0 radical (unpaired) electrons. The van der Waals surface area contributed by atoms with Gasteiger partial charge in [0.25, 0.3) is 11.5 Å². The highest BCUT2D eigenvalue weighted by Crippen LogP contribution is 2.46. The molecule has 146 valence electrons. The van der Waals surface area contributed by atoms with Gasteiger partial charge < -0.3 is 4.90 Å². The van der Waals surface area contributed by atoms with E-state index < -0.39 is 0 Å². The van der Waals surface area contributed by atoms with E-state index in [2.05, 4.69) is 15.1 Å².